The Morgan fingerprint density at radius 1 is 1.64 bits per heavy atom. The van der Waals surface area contributed by atoms with Crippen molar-refractivity contribution in [2.45, 2.75) is 24.5 Å². The molecule has 4 heteroatoms. The number of hydrogen-bond donors (Lipinski definition) is 1. The van der Waals surface area contributed by atoms with Crippen LogP contribution in [0.2, 0.25) is 0 Å². The quantitative estimate of drug-likeness (QED) is 0.725. The topological polar surface area (TPSA) is 42.4 Å². The number of aliphatic hydroxyl groups is 1. The molecule has 0 aliphatic heterocycles. The Labute approximate surface area is 81.5 Å². The van der Waals surface area contributed by atoms with E-state index in [0.717, 1.165) is 5.56 Å². The number of ether oxygens (including phenoxy) is 1. The van der Waals surface area contributed by atoms with Crippen molar-refractivity contribution >= 4 is 0 Å². The number of pyridine rings is 1. The number of hydrogen-bond acceptors (Lipinski definition) is 3. The van der Waals surface area contributed by atoms with Crippen LogP contribution in [0.15, 0.2) is 18.3 Å². The van der Waals surface area contributed by atoms with E-state index < -0.39 is 11.5 Å². The molecule has 0 aromatic carbocycles. The van der Waals surface area contributed by atoms with Gasteiger partial charge >= 0.3 is 0 Å². The Bertz CT molecular complexity index is 337. The summed E-state index contributed by atoms with van der Waals surface area (Å²) in [5.41, 5.74) is 0.237. The van der Waals surface area contributed by atoms with E-state index in [-0.39, 0.29) is 6.10 Å². The number of halogens is 1. The molecule has 0 amide bonds. The van der Waals surface area contributed by atoms with E-state index in [2.05, 4.69) is 4.98 Å². The highest BCUT2D eigenvalue weighted by Gasteiger charge is 2.45. The molecule has 0 bridgehead atoms. The zero-order valence-corrected chi connectivity index (χ0v) is 7.90. The first-order chi connectivity index (χ1) is 6.66. The summed E-state index contributed by atoms with van der Waals surface area (Å²) in [6, 6.07) is 3.08. The van der Waals surface area contributed by atoms with Gasteiger partial charge in [0.15, 0.2) is 0 Å². The maximum absolute atomic E-state index is 12.9. The summed E-state index contributed by atoms with van der Waals surface area (Å²) in [4.78, 5) is 3.48. The van der Waals surface area contributed by atoms with Crippen LogP contribution in [0, 0.1) is 5.95 Å². The first kappa shape index (κ1) is 9.55. The van der Waals surface area contributed by atoms with E-state index in [1.807, 2.05) is 0 Å². The molecule has 1 aromatic rings. The maximum atomic E-state index is 12.9. The Kier molecular flexibility index (Phi) is 2.25. The predicted octanol–water partition coefficient (Wildman–Crippen LogP) is 1.22. The fraction of sp³-hybridized carbons (Fsp3) is 0.500. The summed E-state index contributed by atoms with van der Waals surface area (Å²) in [7, 11) is 1.57. The molecule has 14 heavy (non-hydrogen) atoms. The molecule has 0 atom stereocenters. The van der Waals surface area contributed by atoms with E-state index in [1.165, 1.54) is 12.3 Å². The van der Waals surface area contributed by atoms with Gasteiger partial charge in [-0.15, -0.1) is 0 Å². The van der Waals surface area contributed by atoms with Gasteiger partial charge in [0, 0.05) is 26.1 Å². The molecule has 0 spiro atoms. The van der Waals surface area contributed by atoms with Crippen LogP contribution in [0.3, 0.4) is 0 Å². The van der Waals surface area contributed by atoms with Crippen molar-refractivity contribution in [2.24, 2.45) is 0 Å². The van der Waals surface area contributed by atoms with E-state index in [4.69, 9.17) is 4.74 Å². The van der Waals surface area contributed by atoms with E-state index in [0.29, 0.717) is 12.8 Å². The third kappa shape index (κ3) is 1.40. The second kappa shape index (κ2) is 3.29. The van der Waals surface area contributed by atoms with Gasteiger partial charge in [0.2, 0.25) is 5.95 Å². The lowest BCUT2D eigenvalue weighted by Gasteiger charge is -2.44. The molecule has 2 rings (SSSR count). The Morgan fingerprint density at radius 3 is 2.86 bits per heavy atom. The third-order valence-corrected chi connectivity index (χ3v) is 2.77. The number of nitrogens with zero attached hydrogens (tertiary/aromatic N) is 1. The van der Waals surface area contributed by atoms with E-state index >= 15 is 0 Å². The van der Waals surface area contributed by atoms with Crippen LogP contribution in [0.1, 0.15) is 18.4 Å². The molecule has 1 saturated carbocycles. The van der Waals surface area contributed by atoms with E-state index in [9.17, 15) is 9.50 Å². The molecule has 1 aromatic heterocycles. The van der Waals surface area contributed by atoms with Crippen molar-refractivity contribution in [1.82, 2.24) is 4.98 Å². The molecule has 0 saturated heterocycles. The van der Waals surface area contributed by atoms with Crippen molar-refractivity contribution in [3.8, 4) is 0 Å². The van der Waals surface area contributed by atoms with Gasteiger partial charge in [0.05, 0.1) is 11.7 Å². The maximum Gasteiger partial charge on any atom is 0.213 e. The normalized spacial score (nSPS) is 31.2. The second-order valence-corrected chi connectivity index (χ2v) is 3.63. The minimum Gasteiger partial charge on any atom is -0.393 e. The van der Waals surface area contributed by atoms with Gasteiger partial charge < -0.3 is 9.84 Å². The number of aromatic nitrogens is 1. The highest BCUT2D eigenvalue weighted by atomic mass is 19.1. The SMILES string of the molecule is COC1(c2ccnc(F)c2)CC(O)C1. The van der Waals surface area contributed by atoms with Gasteiger partial charge in [-0.1, -0.05) is 0 Å². The molecule has 1 aliphatic carbocycles. The monoisotopic (exact) mass is 197 g/mol. The number of methoxy groups -OCH3 is 1. The van der Waals surface area contributed by atoms with Crippen LogP contribution in [-0.4, -0.2) is 23.3 Å². The van der Waals surface area contributed by atoms with Crippen molar-refractivity contribution in [3.05, 3.63) is 29.8 Å². The summed E-state index contributed by atoms with van der Waals surface area (Å²) in [5, 5.41) is 9.26. The van der Waals surface area contributed by atoms with Crippen molar-refractivity contribution < 1.29 is 14.2 Å². The molecular formula is C10H12FNO2. The van der Waals surface area contributed by atoms with Crippen LogP contribution in [-0.2, 0) is 10.3 Å². The Balaban J connectivity index is 2.29. The fourth-order valence-corrected chi connectivity index (χ4v) is 1.91. The average Bonchev–Trinajstić information content (AvgIpc) is 2.12. The average molecular weight is 197 g/mol. The number of rotatable bonds is 2. The second-order valence-electron chi connectivity index (χ2n) is 3.63. The third-order valence-electron chi connectivity index (χ3n) is 2.77. The molecule has 1 fully saturated rings. The van der Waals surface area contributed by atoms with Crippen LogP contribution in [0.4, 0.5) is 4.39 Å². The Hall–Kier alpha value is -1.00. The number of aliphatic hydroxyl groups excluding tert-OH is 1. The standard InChI is InChI=1S/C10H12FNO2/c1-14-10(5-8(13)6-10)7-2-3-12-9(11)4-7/h2-4,8,13H,5-6H2,1H3. The lowest BCUT2D eigenvalue weighted by molar-refractivity contribution is -0.143. The smallest absolute Gasteiger partial charge is 0.213 e. The van der Waals surface area contributed by atoms with Gasteiger partial charge in [-0.3, -0.25) is 0 Å². The lowest BCUT2D eigenvalue weighted by atomic mass is 9.73. The van der Waals surface area contributed by atoms with Gasteiger partial charge in [-0.25, -0.2) is 4.98 Å². The molecule has 1 aliphatic rings. The van der Waals surface area contributed by atoms with Gasteiger partial charge in [-0.05, 0) is 17.7 Å². The summed E-state index contributed by atoms with van der Waals surface area (Å²) in [6.45, 7) is 0. The van der Waals surface area contributed by atoms with Crippen LogP contribution < -0.4 is 0 Å². The first-order valence-electron chi connectivity index (χ1n) is 4.51. The zero-order valence-electron chi connectivity index (χ0n) is 7.90. The van der Waals surface area contributed by atoms with Crippen LogP contribution in [0.5, 0.6) is 0 Å². The highest BCUT2D eigenvalue weighted by Crippen LogP contribution is 2.44. The lowest BCUT2D eigenvalue weighted by Crippen LogP contribution is -2.46. The molecule has 1 heterocycles. The zero-order chi connectivity index (χ0) is 10.2. The molecule has 76 valence electrons. The molecule has 1 N–H and O–H groups in total. The predicted molar refractivity (Wildman–Crippen MR) is 48.1 cm³/mol. The van der Waals surface area contributed by atoms with Crippen LogP contribution in [0.25, 0.3) is 0 Å². The summed E-state index contributed by atoms with van der Waals surface area (Å²) < 4.78 is 18.2. The highest BCUT2D eigenvalue weighted by molar-refractivity contribution is 5.24. The van der Waals surface area contributed by atoms with Crippen molar-refractivity contribution in [2.75, 3.05) is 7.11 Å². The minimum absolute atomic E-state index is 0.342. The molecule has 0 radical (unpaired) electrons. The van der Waals surface area contributed by atoms with Gasteiger partial charge in [0.1, 0.15) is 0 Å². The summed E-state index contributed by atoms with van der Waals surface area (Å²) >= 11 is 0. The molecule has 0 unspecified atom stereocenters. The molecular weight excluding hydrogens is 185 g/mol. The summed E-state index contributed by atoms with van der Waals surface area (Å²) in [6.07, 6.45) is 2.11. The van der Waals surface area contributed by atoms with Gasteiger partial charge in [-0.2, -0.15) is 4.39 Å². The minimum atomic E-state index is -0.514. The van der Waals surface area contributed by atoms with Gasteiger partial charge in [0.25, 0.3) is 0 Å². The van der Waals surface area contributed by atoms with E-state index in [1.54, 1.807) is 13.2 Å². The van der Waals surface area contributed by atoms with Crippen LogP contribution >= 0.6 is 0 Å². The molecule has 3 nitrogen and oxygen atoms in total. The Morgan fingerprint density at radius 2 is 2.36 bits per heavy atom. The van der Waals surface area contributed by atoms with Crippen molar-refractivity contribution in [1.29, 1.82) is 0 Å². The largest absolute Gasteiger partial charge is 0.393 e. The van der Waals surface area contributed by atoms with Crippen molar-refractivity contribution in [3.63, 3.8) is 0 Å². The first-order valence-corrected chi connectivity index (χ1v) is 4.51. The fourth-order valence-electron chi connectivity index (χ4n) is 1.91. The summed E-state index contributed by atoms with van der Waals surface area (Å²) in [5.74, 6) is -0.514.